The normalized spacial score (nSPS) is 24.8. The van der Waals surface area contributed by atoms with Crippen LogP contribution in [0.2, 0.25) is 4.34 Å². The van der Waals surface area contributed by atoms with Gasteiger partial charge in [0.25, 0.3) is 0 Å². The van der Waals surface area contributed by atoms with E-state index < -0.39 is 0 Å². The van der Waals surface area contributed by atoms with Crippen molar-refractivity contribution in [2.24, 2.45) is 5.92 Å². The van der Waals surface area contributed by atoms with Gasteiger partial charge < -0.3 is 10.1 Å². The van der Waals surface area contributed by atoms with Crippen LogP contribution in [-0.4, -0.2) is 19.2 Å². The van der Waals surface area contributed by atoms with Gasteiger partial charge in [-0.2, -0.15) is 0 Å². The van der Waals surface area contributed by atoms with Crippen LogP contribution in [0.4, 0.5) is 0 Å². The molecular weight excluding hydrogens is 322 g/mol. The van der Waals surface area contributed by atoms with Gasteiger partial charge in [-0.15, -0.1) is 11.3 Å². The molecule has 0 radical (unpaired) electrons. The second-order valence-corrected chi connectivity index (χ2v) is 7.21. The van der Waals surface area contributed by atoms with Gasteiger partial charge in [0.1, 0.15) is 4.34 Å². The zero-order chi connectivity index (χ0) is 12.4. The molecule has 0 aromatic carbocycles. The molecule has 96 valence electrons. The molecule has 0 aliphatic carbocycles. The van der Waals surface area contributed by atoms with E-state index in [1.54, 1.807) is 11.3 Å². The van der Waals surface area contributed by atoms with E-state index in [0.29, 0.717) is 12.0 Å². The first-order chi connectivity index (χ1) is 8.08. The molecule has 2 heterocycles. The van der Waals surface area contributed by atoms with E-state index in [-0.39, 0.29) is 6.10 Å². The van der Waals surface area contributed by atoms with Gasteiger partial charge in [0.05, 0.1) is 6.10 Å². The van der Waals surface area contributed by atoms with Crippen molar-refractivity contribution in [1.82, 2.24) is 5.32 Å². The Morgan fingerprint density at radius 2 is 2.41 bits per heavy atom. The third-order valence-corrected chi connectivity index (χ3v) is 5.48. The molecule has 1 aliphatic rings. The van der Waals surface area contributed by atoms with E-state index in [1.165, 1.54) is 4.88 Å². The second kappa shape index (κ2) is 6.02. The number of hydrogen-bond donors (Lipinski definition) is 1. The summed E-state index contributed by atoms with van der Waals surface area (Å²) in [6.45, 7) is 6.20. The summed E-state index contributed by atoms with van der Waals surface area (Å²) in [5, 5.41) is 3.49. The van der Waals surface area contributed by atoms with Crippen LogP contribution < -0.4 is 5.32 Å². The zero-order valence-corrected chi connectivity index (χ0v) is 13.2. The largest absolute Gasteiger partial charge is 0.372 e. The Morgan fingerprint density at radius 3 is 3.00 bits per heavy atom. The molecule has 2 rings (SSSR count). The van der Waals surface area contributed by atoms with Crippen molar-refractivity contribution >= 4 is 38.9 Å². The summed E-state index contributed by atoms with van der Waals surface area (Å²) in [6.07, 6.45) is 1.33. The van der Waals surface area contributed by atoms with E-state index in [2.05, 4.69) is 41.2 Å². The number of thiophene rings is 1. The van der Waals surface area contributed by atoms with E-state index in [9.17, 15) is 0 Å². The van der Waals surface area contributed by atoms with Gasteiger partial charge in [0.2, 0.25) is 0 Å². The fourth-order valence-electron chi connectivity index (χ4n) is 2.05. The van der Waals surface area contributed by atoms with E-state index in [4.69, 9.17) is 16.3 Å². The third kappa shape index (κ3) is 3.44. The molecule has 0 amide bonds. The predicted molar refractivity (Wildman–Crippen MR) is 77.0 cm³/mol. The summed E-state index contributed by atoms with van der Waals surface area (Å²) < 4.78 is 7.63. The Hall–Kier alpha value is 0.390. The number of hydrogen-bond acceptors (Lipinski definition) is 3. The summed E-state index contributed by atoms with van der Waals surface area (Å²) in [5.74, 6) is 0.555. The highest BCUT2D eigenvalue weighted by Crippen LogP contribution is 2.42. The molecule has 2 nitrogen and oxygen atoms in total. The maximum Gasteiger partial charge on any atom is 0.107 e. The number of ether oxygens (including phenoxy) is 1. The highest BCUT2D eigenvalue weighted by Gasteiger charge is 2.31. The average Bonchev–Trinajstić information content (AvgIpc) is 2.83. The third-order valence-electron chi connectivity index (χ3n) is 2.95. The minimum absolute atomic E-state index is 0.204. The molecule has 1 aliphatic heterocycles. The van der Waals surface area contributed by atoms with Gasteiger partial charge in [-0.1, -0.05) is 25.4 Å². The van der Waals surface area contributed by atoms with Crippen molar-refractivity contribution in [3.63, 3.8) is 0 Å². The van der Waals surface area contributed by atoms with Crippen LogP contribution in [0.5, 0.6) is 0 Å². The Morgan fingerprint density at radius 1 is 1.65 bits per heavy atom. The lowest BCUT2D eigenvalue weighted by atomic mass is 10.00. The highest BCUT2D eigenvalue weighted by atomic mass is 79.9. The van der Waals surface area contributed by atoms with Gasteiger partial charge in [-0.3, -0.25) is 0 Å². The van der Waals surface area contributed by atoms with Crippen molar-refractivity contribution in [1.29, 1.82) is 0 Å². The highest BCUT2D eigenvalue weighted by molar-refractivity contribution is 9.10. The first-order valence-corrected chi connectivity index (χ1v) is 7.86. The van der Waals surface area contributed by atoms with Gasteiger partial charge in [-0.25, -0.2) is 0 Å². The van der Waals surface area contributed by atoms with E-state index in [1.807, 2.05) is 0 Å². The summed E-state index contributed by atoms with van der Waals surface area (Å²) in [7, 11) is 0. The molecule has 17 heavy (non-hydrogen) atoms. The lowest BCUT2D eigenvalue weighted by molar-refractivity contribution is 0.0929. The predicted octanol–water partition coefficient (Wildman–Crippen LogP) is 4.24. The van der Waals surface area contributed by atoms with Crippen molar-refractivity contribution in [2.75, 3.05) is 13.2 Å². The molecule has 1 fully saturated rings. The molecule has 1 saturated heterocycles. The monoisotopic (exact) mass is 337 g/mol. The van der Waals surface area contributed by atoms with Crippen LogP contribution in [0.3, 0.4) is 0 Å². The van der Waals surface area contributed by atoms with Crippen LogP contribution in [0.25, 0.3) is 0 Å². The smallest absolute Gasteiger partial charge is 0.107 e. The zero-order valence-electron chi connectivity index (χ0n) is 10.0. The van der Waals surface area contributed by atoms with Gasteiger partial charge in [0, 0.05) is 34.5 Å². The number of nitrogens with one attached hydrogen (secondary N) is 1. The summed E-state index contributed by atoms with van der Waals surface area (Å²) in [5.41, 5.74) is 0. The summed E-state index contributed by atoms with van der Waals surface area (Å²) in [4.78, 5) is 1.23. The van der Waals surface area contributed by atoms with Crippen molar-refractivity contribution in [2.45, 2.75) is 32.4 Å². The fraction of sp³-hybridized carbons (Fsp3) is 0.667. The molecule has 0 spiro atoms. The van der Waals surface area contributed by atoms with Crippen LogP contribution in [0.1, 0.15) is 31.2 Å². The quantitative estimate of drug-likeness (QED) is 0.886. The molecule has 1 aromatic rings. The first-order valence-electron chi connectivity index (χ1n) is 5.87. The molecule has 2 unspecified atom stereocenters. The second-order valence-electron chi connectivity index (χ2n) is 4.67. The Balaban J connectivity index is 2.03. The minimum Gasteiger partial charge on any atom is -0.372 e. The topological polar surface area (TPSA) is 21.3 Å². The van der Waals surface area contributed by atoms with E-state index >= 15 is 0 Å². The number of halogens is 2. The first kappa shape index (κ1) is 13.8. The molecule has 0 saturated carbocycles. The molecule has 0 bridgehead atoms. The SMILES string of the molecule is CC(C)NCC1CCOC1c1cc(Br)c(Cl)s1. The molecule has 1 aromatic heterocycles. The van der Waals surface area contributed by atoms with Crippen LogP contribution >= 0.6 is 38.9 Å². The lowest BCUT2D eigenvalue weighted by Crippen LogP contribution is -2.30. The fourth-order valence-corrected chi connectivity index (χ4v) is 3.93. The minimum atomic E-state index is 0.204. The maximum absolute atomic E-state index is 6.08. The van der Waals surface area contributed by atoms with Gasteiger partial charge >= 0.3 is 0 Å². The van der Waals surface area contributed by atoms with Crippen molar-refractivity contribution in [3.05, 3.63) is 19.8 Å². The summed E-state index contributed by atoms with van der Waals surface area (Å²) >= 11 is 11.2. The van der Waals surface area contributed by atoms with Crippen molar-refractivity contribution < 1.29 is 4.74 Å². The van der Waals surface area contributed by atoms with Crippen LogP contribution in [-0.2, 0) is 4.74 Å². The van der Waals surface area contributed by atoms with E-state index in [0.717, 1.165) is 28.4 Å². The Labute approximate surface area is 120 Å². The molecule has 1 N–H and O–H groups in total. The molecule has 2 atom stereocenters. The van der Waals surface area contributed by atoms with Crippen LogP contribution in [0, 0.1) is 5.92 Å². The molecular formula is C12H17BrClNOS. The average molecular weight is 339 g/mol. The van der Waals surface area contributed by atoms with Crippen LogP contribution in [0.15, 0.2) is 10.5 Å². The number of rotatable bonds is 4. The summed E-state index contributed by atoms with van der Waals surface area (Å²) in [6, 6.07) is 2.61. The van der Waals surface area contributed by atoms with Gasteiger partial charge in [0.15, 0.2) is 0 Å². The van der Waals surface area contributed by atoms with Gasteiger partial charge in [-0.05, 0) is 28.4 Å². The molecule has 5 heteroatoms. The Bertz CT molecular complexity index is 363. The Kier molecular flexibility index (Phi) is 4.89. The lowest BCUT2D eigenvalue weighted by Gasteiger charge is -2.19. The standard InChI is InChI=1S/C12H17BrClNOS/c1-7(2)15-6-8-3-4-16-11(8)10-5-9(13)12(14)17-10/h5,7-8,11,15H,3-4,6H2,1-2H3. The van der Waals surface area contributed by atoms with Crippen molar-refractivity contribution in [3.8, 4) is 0 Å². The maximum atomic E-state index is 6.08.